The van der Waals surface area contributed by atoms with Crippen LogP contribution in [-0.4, -0.2) is 13.7 Å². The molecule has 1 atom stereocenters. The van der Waals surface area contributed by atoms with E-state index in [1.54, 1.807) is 7.11 Å². The van der Waals surface area contributed by atoms with Gasteiger partial charge < -0.3 is 15.2 Å². The van der Waals surface area contributed by atoms with Gasteiger partial charge in [-0.15, -0.1) is 0 Å². The molecule has 2 rings (SSSR count). The number of hydrogen-bond acceptors (Lipinski definition) is 3. The Hall–Kier alpha value is -1.52. The van der Waals surface area contributed by atoms with Gasteiger partial charge in [-0.1, -0.05) is 40.2 Å². The van der Waals surface area contributed by atoms with Gasteiger partial charge in [-0.25, -0.2) is 0 Å². The predicted molar refractivity (Wildman–Crippen MR) is 84.3 cm³/mol. The van der Waals surface area contributed by atoms with Crippen LogP contribution in [0.2, 0.25) is 0 Å². The largest absolute Gasteiger partial charge is 0.496 e. The number of hydrogen-bond donors (Lipinski definition) is 1. The molecule has 0 aliphatic rings. The number of para-hydroxylation sites is 1. The molecule has 3 nitrogen and oxygen atoms in total. The molecular weight excluding hydrogens is 318 g/mol. The van der Waals surface area contributed by atoms with Gasteiger partial charge in [-0.3, -0.25) is 0 Å². The molecule has 2 N–H and O–H groups in total. The van der Waals surface area contributed by atoms with Crippen molar-refractivity contribution in [2.24, 2.45) is 5.73 Å². The maximum atomic E-state index is 6.07. The minimum Gasteiger partial charge on any atom is -0.496 e. The highest BCUT2D eigenvalue weighted by molar-refractivity contribution is 9.10. The first-order chi connectivity index (χ1) is 9.65. The zero-order chi connectivity index (χ0) is 14.5. The number of nitrogens with two attached hydrogens (primary N) is 1. The second kappa shape index (κ2) is 6.77. The maximum Gasteiger partial charge on any atom is 0.139 e. The van der Waals surface area contributed by atoms with Gasteiger partial charge >= 0.3 is 0 Å². The fourth-order valence-electron chi connectivity index (χ4n) is 2.03. The third kappa shape index (κ3) is 3.32. The van der Waals surface area contributed by atoms with E-state index in [1.807, 2.05) is 49.4 Å². The average molecular weight is 336 g/mol. The van der Waals surface area contributed by atoms with Gasteiger partial charge in [0.25, 0.3) is 0 Å². The summed E-state index contributed by atoms with van der Waals surface area (Å²) in [6, 6.07) is 13.7. The van der Waals surface area contributed by atoms with Gasteiger partial charge in [-0.05, 0) is 30.7 Å². The summed E-state index contributed by atoms with van der Waals surface area (Å²) >= 11 is 3.46. The van der Waals surface area contributed by atoms with Crippen LogP contribution in [0.4, 0.5) is 0 Å². The van der Waals surface area contributed by atoms with E-state index in [0.29, 0.717) is 6.54 Å². The van der Waals surface area contributed by atoms with Gasteiger partial charge in [0.1, 0.15) is 17.6 Å². The van der Waals surface area contributed by atoms with Crippen LogP contribution in [0.3, 0.4) is 0 Å². The van der Waals surface area contributed by atoms with Crippen molar-refractivity contribution in [1.29, 1.82) is 0 Å². The lowest BCUT2D eigenvalue weighted by molar-refractivity contribution is 0.207. The molecule has 106 valence electrons. The smallest absolute Gasteiger partial charge is 0.139 e. The van der Waals surface area contributed by atoms with Crippen LogP contribution in [0, 0.1) is 6.92 Å². The standard InChI is InChI=1S/C16H18BrNO2/c1-11-7-8-12(17)9-15(11)20-16(10-18)13-5-3-4-6-14(13)19-2/h3-9,16H,10,18H2,1-2H3. The molecule has 4 heteroatoms. The van der Waals surface area contributed by atoms with Crippen molar-refractivity contribution in [3.8, 4) is 11.5 Å². The zero-order valence-corrected chi connectivity index (χ0v) is 13.2. The Morgan fingerprint density at radius 2 is 1.90 bits per heavy atom. The molecule has 0 heterocycles. The van der Waals surface area contributed by atoms with Gasteiger partial charge in [0.15, 0.2) is 0 Å². The Morgan fingerprint density at radius 3 is 2.60 bits per heavy atom. The fraction of sp³-hybridized carbons (Fsp3) is 0.250. The first-order valence-corrected chi connectivity index (χ1v) is 7.20. The summed E-state index contributed by atoms with van der Waals surface area (Å²) in [5, 5.41) is 0. The maximum absolute atomic E-state index is 6.07. The van der Waals surface area contributed by atoms with E-state index in [4.69, 9.17) is 15.2 Å². The van der Waals surface area contributed by atoms with Crippen molar-refractivity contribution >= 4 is 15.9 Å². The molecule has 2 aromatic rings. The van der Waals surface area contributed by atoms with Crippen molar-refractivity contribution in [2.75, 3.05) is 13.7 Å². The Morgan fingerprint density at radius 1 is 1.15 bits per heavy atom. The lowest BCUT2D eigenvalue weighted by Gasteiger charge is -2.21. The fourth-order valence-corrected chi connectivity index (χ4v) is 2.37. The Bertz CT molecular complexity index is 586. The molecule has 0 radical (unpaired) electrons. The van der Waals surface area contributed by atoms with E-state index in [9.17, 15) is 0 Å². The molecule has 0 aliphatic heterocycles. The van der Waals surface area contributed by atoms with E-state index in [0.717, 1.165) is 27.1 Å². The van der Waals surface area contributed by atoms with Crippen LogP contribution < -0.4 is 15.2 Å². The van der Waals surface area contributed by atoms with E-state index in [-0.39, 0.29) is 6.10 Å². The molecular formula is C16H18BrNO2. The minimum atomic E-state index is -0.237. The van der Waals surface area contributed by atoms with Crippen molar-refractivity contribution in [2.45, 2.75) is 13.0 Å². The van der Waals surface area contributed by atoms with Crippen LogP contribution in [0.1, 0.15) is 17.2 Å². The van der Waals surface area contributed by atoms with E-state index >= 15 is 0 Å². The molecule has 0 aliphatic carbocycles. The molecule has 0 bridgehead atoms. The predicted octanol–water partition coefficient (Wildman–Crippen LogP) is 3.84. The topological polar surface area (TPSA) is 44.5 Å². The second-order valence-corrected chi connectivity index (χ2v) is 5.41. The Balaban J connectivity index is 2.31. The minimum absolute atomic E-state index is 0.237. The Labute approximate surface area is 127 Å². The average Bonchev–Trinajstić information content (AvgIpc) is 2.48. The van der Waals surface area contributed by atoms with E-state index in [2.05, 4.69) is 15.9 Å². The summed E-state index contributed by atoms with van der Waals surface area (Å²) in [7, 11) is 1.65. The molecule has 2 aromatic carbocycles. The molecule has 0 saturated carbocycles. The normalized spacial score (nSPS) is 12.0. The number of aryl methyl sites for hydroxylation is 1. The molecule has 20 heavy (non-hydrogen) atoms. The second-order valence-electron chi connectivity index (χ2n) is 4.49. The van der Waals surface area contributed by atoms with Crippen LogP contribution in [-0.2, 0) is 0 Å². The molecule has 0 aromatic heterocycles. The summed E-state index contributed by atoms with van der Waals surface area (Å²) < 4.78 is 12.4. The first-order valence-electron chi connectivity index (χ1n) is 6.41. The van der Waals surface area contributed by atoms with Crippen LogP contribution in [0.15, 0.2) is 46.9 Å². The number of halogens is 1. The SMILES string of the molecule is COc1ccccc1C(CN)Oc1cc(Br)ccc1C. The van der Waals surface area contributed by atoms with Gasteiger partial charge in [0.05, 0.1) is 7.11 Å². The first kappa shape index (κ1) is 14.9. The monoisotopic (exact) mass is 335 g/mol. The quantitative estimate of drug-likeness (QED) is 0.902. The summed E-state index contributed by atoms with van der Waals surface area (Å²) in [6.07, 6.45) is -0.237. The van der Waals surface area contributed by atoms with Crippen LogP contribution >= 0.6 is 15.9 Å². The van der Waals surface area contributed by atoms with Gasteiger partial charge in [0, 0.05) is 16.6 Å². The number of rotatable bonds is 5. The van der Waals surface area contributed by atoms with Gasteiger partial charge in [0.2, 0.25) is 0 Å². The van der Waals surface area contributed by atoms with Crippen molar-refractivity contribution in [3.63, 3.8) is 0 Å². The molecule has 0 spiro atoms. The molecule has 1 unspecified atom stereocenters. The van der Waals surface area contributed by atoms with Crippen LogP contribution in [0.25, 0.3) is 0 Å². The van der Waals surface area contributed by atoms with E-state index in [1.165, 1.54) is 0 Å². The lowest BCUT2D eigenvalue weighted by atomic mass is 10.1. The highest BCUT2D eigenvalue weighted by atomic mass is 79.9. The summed E-state index contributed by atoms with van der Waals surface area (Å²) in [4.78, 5) is 0. The summed E-state index contributed by atoms with van der Waals surface area (Å²) in [6.45, 7) is 2.39. The Kier molecular flexibility index (Phi) is 5.04. The van der Waals surface area contributed by atoms with Crippen molar-refractivity contribution < 1.29 is 9.47 Å². The van der Waals surface area contributed by atoms with Crippen LogP contribution in [0.5, 0.6) is 11.5 Å². The third-order valence-corrected chi connectivity index (χ3v) is 3.61. The third-order valence-electron chi connectivity index (χ3n) is 3.12. The lowest BCUT2D eigenvalue weighted by Crippen LogP contribution is -2.19. The summed E-state index contributed by atoms with van der Waals surface area (Å²) in [5.74, 6) is 1.61. The van der Waals surface area contributed by atoms with Gasteiger partial charge in [-0.2, -0.15) is 0 Å². The molecule has 0 fully saturated rings. The molecule has 0 saturated heterocycles. The van der Waals surface area contributed by atoms with Crippen molar-refractivity contribution in [1.82, 2.24) is 0 Å². The number of benzene rings is 2. The van der Waals surface area contributed by atoms with Crippen molar-refractivity contribution in [3.05, 3.63) is 58.1 Å². The highest BCUT2D eigenvalue weighted by Crippen LogP contribution is 2.31. The summed E-state index contributed by atoms with van der Waals surface area (Å²) in [5.41, 5.74) is 7.90. The number of ether oxygens (including phenoxy) is 2. The highest BCUT2D eigenvalue weighted by Gasteiger charge is 2.17. The number of methoxy groups -OCH3 is 1. The zero-order valence-electron chi connectivity index (χ0n) is 11.6. The van der Waals surface area contributed by atoms with E-state index < -0.39 is 0 Å². The molecule has 0 amide bonds.